The third-order valence-electron chi connectivity index (χ3n) is 7.54. The van der Waals surface area contributed by atoms with Crippen LogP contribution in [0.1, 0.15) is 44.7 Å². The first kappa shape index (κ1) is 31.8. The average molecular weight is 653 g/mol. The molecule has 0 saturated carbocycles. The van der Waals surface area contributed by atoms with Gasteiger partial charge in [0.2, 0.25) is 11.8 Å². The van der Waals surface area contributed by atoms with Crippen LogP contribution in [0.25, 0.3) is 10.8 Å². The molecule has 0 saturated heterocycles. The molecule has 0 spiro atoms. The van der Waals surface area contributed by atoms with Crippen LogP contribution in [-0.4, -0.2) is 43.3 Å². The maximum absolute atomic E-state index is 14.1. The van der Waals surface area contributed by atoms with Crippen molar-refractivity contribution in [1.29, 1.82) is 0 Å². The summed E-state index contributed by atoms with van der Waals surface area (Å²) < 4.78 is 28.3. The van der Waals surface area contributed by atoms with Crippen LogP contribution >= 0.6 is 23.2 Å². The van der Waals surface area contributed by atoms with Crippen molar-refractivity contribution in [2.24, 2.45) is 0 Å². The number of sulfonamides is 1. The van der Waals surface area contributed by atoms with E-state index in [1.807, 2.05) is 69.3 Å². The van der Waals surface area contributed by atoms with E-state index in [-0.39, 0.29) is 42.6 Å². The maximum Gasteiger partial charge on any atom is 0.265 e. The first-order chi connectivity index (χ1) is 20.8. The number of anilines is 1. The first-order valence-corrected chi connectivity index (χ1v) is 16.7. The van der Waals surface area contributed by atoms with Crippen molar-refractivity contribution in [3.8, 4) is 0 Å². The first-order valence-electron chi connectivity index (χ1n) is 14.5. The van der Waals surface area contributed by atoms with Crippen LogP contribution in [0.4, 0.5) is 5.69 Å². The molecule has 1 aliphatic heterocycles. The lowest BCUT2D eigenvalue weighted by Crippen LogP contribution is -2.54. The van der Waals surface area contributed by atoms with E-state index in [0.717, 1.165) is 16.5 Å². The lowest BCUT2D eigenvalue weighted by molar-refractivity contribution is -0.142. The summed E-state index contributed by atoms with van der Waals surface area (Å²) in [5, 5.41) is 5.34. The molecular weight excluding hydrogens is 617 g/mol. The predicted octanol–water partition coefficient (Wildman–Crippen LogP) is 6.99. The fourth-order valence-electron chi connectivity index (χ4n) is 5.56. The smallest absolute Gasteiger partial charge is 0.265 e. The van der Waals surface area contributed by atoms with Gasteiger partial charge in [0.05, 0.1) is 20.6 Å². The molecule has 1 atom stereocenters. The van der Waals surface area contributed by atoms with E-state index < -0.39 is 21.6 Å². The minimum atomic E-state index is -3.75. The van der Waals surface area contributed by atoms with Gasteiger partial charge in [0.25, 0.3) is 10.0 Å². The fourth-order valence-corrected chi connectivity index (χ4v) is 7.63. The maximum atomic E-state index is 14.1. The minimum Gasteiger partial charge on any atom is -0.350 e. The molecule has 5 rings (SSSR count). The highest BCUT2D eigenvalue weighted by Crippen LogP contribution is 2.42. The van der Waals surface area contributed by atoms with Crippen LogP contribution in [0.2, 0.25) is 10.0 Å². The Morgan fingerprint density at radius 2 is 1.59 bits per heavy atom. The molecule has 10 heteroatoms. The monoisotopic (exact) mass is 651 g/mol. The van der Waals surface area contributed by atoms with E-state index in [1.165, 1.54) is 4.31 Å². The highest BCUT2D eigenvalue weighted by Gasteiger charge is 2.36. The molecule has 0 bridgehead atoms. The van der Waals surface area contributed by atoms with Crippen LogP contribution in [0, 0.1) is 0 Å². The molecule has 4 aromatic carbocycles. The summed E-state index contributed by atoms with van der Waals surface area (Å²) in [6.07, 6.45) is 0.598. The van der Waals surface area contributed by atoms with Crippen molar-refractivity contribution >= 4 is 61.5 Å². The third-order valence-corrected chi connectivity index (χ3v) is 10.1. The molecular formula is C34H35Cl2N3O4S. The number of nitrogens with one attached hydrogen (secondary N) is 1. The number of halogens is 2. The van der Waals surface area contributed by atoms with Crippen LogP contribution in [0.5, 0.6) is 0 Å². The van der Waals surface area contributed by atoms with Crippen LogP contribution < -0.4 is 9.62 Å². The van der Waals surface area contributed by atoms with Crippen molar-refractivity contribution < 1.29 is 18.0 Å². The van der Waals surface area contributed by atoms with Crippen molar-refractivity contribution in [1.82, 2.24) is 10.2 Å². The van der Waals surface area contributed by atoms with E-state index >= 15 is 0 Å². The molecule has 4 aromatic rings. The standard InChI is InChI=1S/C34H35Cl2N3O4S/c1-34(2,3)37-33(41)29(21-23-10-5-4-6-11-23)38(22-24-17-18-26(35)27(36)20-24)31(40)16-9-19-39-28-14-7-12-25-13-8-15-30(32(25)28)44(39,42)43/h4-8,10-15,17-18,20,29H,9,16,19,21-22H2,1-3H3,(H,37,41)/t29-/m1/s1. The SMILES string of the molecule is CC(C)(C)NC(=O)[C@@H](Cc1ccccc1)N(Cc1ccc(Cl)c(Cl)c1)C(=O)CCCN1c2cccc3cccc(c23)S1(=O)=O. The molecule has 1 aliphatic rings. The number of rotatable bonds is 10. The third kappa shape index (κ3) is 6.88. The molecule has 44 heavy (non-hydrogen) atoms. The summed E-state index contributed by atoms with van der Waals surface area (Å²) in [7, 11) is -3.75. The molecule has 0 unspecified atom stereocenters. The predicted molar refractivity (Wildman–Crippen MR) is 177 cm³/mol. The number of carbonyl (C=O) groups is 2. The normalized spacial score (nSPS) is 14.4. The van der Waals surface area contributed by atoms with E-state index in [1.54, 1.807) is 41.3 Å². The Bertz CT molecular complexity index is 1800. The molecule has 0 fully saturated rings. The van der Waals surface area contributed by atoms with Gasteiger partial charge in [-0.15, -0.1) is 0 Å². The number of amides is 2. The number of benzene rings is 4. The molecule has 7 nitrogen and oxygen atoms in total. The van der Waals surface area contributed by atoms with Gasteiger partial charge < -0.3 is 10.2 Å². The average Bonchev–Trinajstić information content (AvgIpc) is 3.19. The van der Waals surface area contributed by atoms with Crippen LogP contribution in [0.3, 0.4) is 0 Å². The molecule has 0 aliphatic carbocycles. The molecule has 0 aromatic heterocycles. The second-order valence-corrected chi connectivity index (χ2v) is 14.7. The Morgan fingerprint density at radius 3 is 2.27 bits per heavy atom. The summed E-state index contributed by atoms with van der Waals surface area (Å²) in [5.74, 6) is -0.549. The topological polar surface area (TPSA) is 86.8 Å². The molecule has 0 radical (unpaired) electrons. The Labute approximate surface area is 268 Å². The quantitative estimate of drug-likeness (QED) is 0.200. The van der Waals surface area contributed by atoms with Crippen LogP contribution in [0.15, 0.2) is 89.8 Å². The lowest BCUT2D eigenvalue weighted by Gasteiger charge is -2.34. The van der Waals surface area contributed by atoms with Gasteiger partial charge in [0.1, 0.15) is 6.04 Å². The van der Waals surface area contributed by atoms with E-state index in [4.69, 9.17) is 23.2 Å². The van der Waals surface area contributed by atoms with Gasteiger partial charge in [-0.2, -0.15) is 0 Å². The van der Waals surface area contributed by atoms with E-state index in [9.17, 15) is 18.0 Å². The molecule has 1 heterocycles. The summed E-state index contributed by atoms with van der Waals surface area (Å²) in [6, 6.07) is 24.6. The second-order valence-electron chi connectivity index (χ2n) is 12.0. The van der Waals surface area contributed by atoms with E-state index in [2.05, 4.69) is 5.32 Å². The number of hydrogen-bond acceptors (Lipinski definition) is 4. The van der Waals surface area contributed by atoms with Gasteiger partial charge in [0.15, 0.2) is 0 Å². The van der Waals surface area contributed by atoms with Gasteiger partial charge in [-0.3, -0.25) is 13.9 Å². The summed E-state index contributed by atoms with van der Waals surface area (Å²) in [6.45, 7) is 5.93. The van der Waals surface area contributed by atoms with Crippen molar-refractivity contribution in [2.45, 2.75) is 63.1 Å². The van der Waals surface area contributed by atoms with Crippen molar-refractivity contribution in [3.63, 3.8) is 0 Å². The van der Waals surface area contributed by atoms with Gasteiger partial charge in [0, 0.05) is 36.9 Å². The summed E-state index contributed by atoms with van der Waals surface area (Å²) >= 11 is 12.5. The summed E-state index contributed by atoms with van der Waals surface area (Å²) in [5.41, 5.74) is 1.72. The Morgan fingerprint density at radius 1 is 0.886 bits per heavy atom. The van der Waals surface area contributed by atoms with Gasteiger partial charge in [-0.25, -0.2) is 8.42 Å². The molecule has 230 valence electrons. The van der Waals surface area contributed by atoms with Crippen molar-refractivity contribution in [3.05, 3.63) is 106 Å². The van der Waals surface area contributed by atoms with E-state index in [0.29, 0.717) is 27.5 Å². The van der Waals surface area contributed by atoms with Gasteiger partial charge >= 0.3 is 0 Å². The zero-order valence-electron chi connectivity index (χ0n) is 24.9. The summed E-state index contributed by atoms with van der Waals surface area (Å²) in [4.78, 5) is 29.7. The Balaban J connectivity index is 1.42. The van der Waals surface area contributed by atoms with Gasteiger partial charge in [-0.1, -0.05) is 83.9 Å². The lowest BCUT2D eigenvalue weighted by atomic mass is 10.00. The van der Waals surface area contributed by atoms with Crippen LogP contribution in [-0.2, 0) is 32.6 Å². The Kier molecular flexibility index (Phi) is 9.25. The van der Waals surface area contributed by atoms with Gasteiger partial charge in [-0.05, 0) is 68.0 Å². The molecule has 2 amide bonds. The van der Waals surface area contributed by atoms with Crippen molar-refractivity contribution in [2.75, 3.05) is 10.8 Å². The highest BCUT2D eigenvalue weighted by molar-refractivity contribution is 7.93. The second kappa shape index (κ2) is 12.8. The minimum absolute atomic E-state index is 0.0355. The fraction of sp³-hybridized carbons (Fsp3) is 0.294. The highest BCUT2D eigenvalue weighted by atomic mass is 35.5. The number of nitrogens with zero attached hydrogens (tertiary/aromatic N) is 2. The Hall–Kier alpha value is -3.59. The number of hydrogen-bond donors (Lipinski definition) is 1. The molecule has 1 N–H and O–H groups in total. The zero-order valence-corrected chi connectivity index (χ0v) is 27.2. The zero-order chi connectivity index (χ0) is 31.6. The largest absolute Gasteiger partial charge is 0.350 e. The number of carbonyl (C=O) groups excluding carboxylic acids is 2.